The number of hydrogen-bond donors (Lipinski definition) is 14. The Morgan fingerprint density at radius 2 is 1.23 bits per heavy atom. The van der Waals surface area contributed by atoms with Crippen molar-refractivity contribution in [2.24, 2.45) is 79.0 Å². The van der Waals surface area contributed by atoms with Crippen LogP contribution in [0.1, 0.15) is 207 Å². The molecular formula is C94H136N12O11. The van der Waals surface area contributed by atoms with Crippen LogP contribution in [0.5, 0.6) is 0 Å². The van der Waals surface area contributed by atoms with Gasteiger partial charge in [0.25, 0.3) is 0 Å². The number of aromatic nitrogens is 2. The Morgan fingerprint density at radius 1 is 0.692 bits per heavy atom. The fourth-order valence-corrected chi connectivity index (χ4v) is 17.8. The molecule has 2 aromatic rings. The van der Waals surface area contributed by atoms with Crippen molar-refractivity contribution in [2.45, 2.75) is 239 Å². The molecule has 2 aliphatic heterocycles. The Hall–Kier alpha value is -9.39. The van der Waals surface area contributed by atoms with Gasteiger partial charge in [-0.25, -0.2) is 29.4 Å². The van der Waals surface area contributed by atoms with Crippen LogP contribution in [0, 0.1) is 46.8 Å². The lowest BCUT2D eigenvalue weighted by Gasteiger charge is -2.54. The Balaban J connectivity index is 0.000000219. The number of pyridine rings is 1. The number of aliphatic imine (C=N–C) groups is 3. The first-order valence-electron chi connectivity index (χ1n) is 43.0. The van der Waals surface area contributed by atoms with Crippen molar-refractivity contribution in [1.29, 1.82) is 0 Å². The number of allylic oxidation sites excluding steroid dienone is 17. The van der Waals surface area contributed by atoms with Crippen LogP contribution < -0.4 is 38.5 Å². The number of aliphatic hydroxyl groups is 3. The highest BCUT2D eigenvalue weighted by Gasteiger charge is 2.52. The van der Waals surface area contributed by atoms with Gasteiger partial charge < -0.3 is 83.6 Å². The van der Waals surface area contributed by atoms with Gasteiger partial charge >= 0.3 is 17.9 Å². The maximum Gasteiger partial charge on any atom is 0.330 e. The Bertz CT molecular complexity index is 4180. The van der Waals surface area contributed by atoms with Crippen LogP contribution in [0.25, 0.3) is 22.7 Å². The molecule has 4 heterocycles. The minimum atomic E-state index is -1.03. The second kappa shape index (κ2) is 47.3. The van der Waals surface area contributed by atoms with Gasteiger partial charge in [0.15, 0.2) is 17.9 Å². The van der Waals surface area contributed by atoms with Crippen LogP contribution >= 0.6 is 0 Å². The summed E-state index contributed by atoms with van der Waals surface area (Å²) in [5.74, 6) is 0.544. The van der Waals surface area contributed by atoms with Crippen molar-refractivity contribution in [1.82, 2.24) is 31.2 Å². The van der Waals surface area contributed by atoms with E-state index in [-0.39, 0.29) is 66.9 Å². The molecular weight excluding hydrogens is 1470 g/mol. The molecule has 8 aliphatic rings. The molecule has 0 spiro atoms. The third-order valence-electron chi connectivity index (χ3n) is 24.1. The first-order chi connectivity index (χ1) is 56.4. The molecule has 0 aromatic carbocycles. The number of carboxylic acid groups (broad SMARTS) is 3. The zero-order chi connectivity index (χ0) is 84.6. The van der Waals surface area contributed by atoms with Crippen molar-refractivity contribution in [3.05, 3.63) is 197 Å². The molecule has 3 fully saturated rings. The van der Waals surface area contributed by atoms with Crippen molar-refractivity contribution in [2.75, 3.05) is 39.5 Å². The number of nitrogens with one attached hydrogen (secondary N) is 5. The summed E-state index contributed by atoms with van der Waals surface area (Å²) in [5, 5.41) is 74.9. The predicted octanol–water partition coefficient (Wildman–Crippen LogP) is 14.6. The zero-order valence-electron chi connectivity index (χ0n) is 70.7. The summed E-state index contributed by atoms with van der Waals surface area (Å²) in [5.41, 5.74) is 29.1. The van der Waals surface area contributed by atoms with Crippen LogP contribution in [0.3, 0.4) is 0 Å². The van der Waals surface area contributed by atoms with Gasteiger partial charge in [-0.3, -0.25) is 4.98 Å². The minimum Gasteiger partial charge on any atom is -0.479 e. The highest BCUT2D eigenvalue weighted by atomic mass is 16.6. The number of carboxylic acids is 3. The lowest BCUT2D eigenvalue weighted by Crippen LogP contribution is -2.56. The van der Waals surface area contributed by atoms with Gasteiger partial charge in [0.05, 0.1) is 74.8 Å². The normalized spacial score (nSPS) is 27.3. The van der Waals surface area contributed by atoms with E-state index >= 15 is 0 Å². The number of carbonyl (C=O) groups is 3. The molecule has 1 saturated heterocycles. The largest absolute Gasteiger partial charge is 0.479 e. The second-order valence-corrected chi connectivity index (χ2v) is 32.4. The van der Waals surface area contributed by atoms with E-state index in [0.717, 1.165) is 170 Å². The fraction of sp³-hybridized carbons (Fsp3) is 0.543. The zero-order valence-corrected chi connectivity index (χ0v) is 70.7. The van der Waals surface area contributed by atoms with Gasteiger partial charge in [-0.15, -0.1) is 0 Å². The van der Waals surface area contributed by atoms with Gasteiger partial charge in [0.2, 0.25) is 0 Å². The van der Waals surface area contributed by atoms with E-state index in [2.05, 4.69) is 144 Å². The standard InChI is InChI=1S/C32H45N5O3.C32H47N3O5.C30H44N4O3/c1-6-10-11-13-22(12-7-2)17-26(31(39)40)37-32(33)34-15-14-23-27(38)18-24(20(5)8-3)29-28(23)30-25(36-29)16-21(9-4)19-35-30;1-4-6-8-12-23(11-5-2)19-27(30(37)38)35-31(33)34-16-13-25-26(29-22-39-17-18-40-29)20-24(21-28(25)36)32(3)14-9-7-10-15-32;1-3-5-6-9-19(8-4-2)16-25(29(36)37)34-30(31)33-15-13-23-26(35)18-24-22-11-7-10-20(22)17-21-12-14-32-28(23)27(21)24/h7,9,12,14,16-17,19-20,24,26-27,36,38H,4,6,8,10-11,13,15,18H2,1-3,5H3,(H,39,40)(H3,33,34,37);5,9-11,13-15,19-20,24,27-29,36H,4,6-8,12,16-18,21-22H2,1-3H3,(H,37,38)(H3,33,34,35);4,7-8,11-14,16,20-22,24-28,32,35H,3,5-6,9-10,15,17-18H2,1-2H3,(H,36,37)(H3,31,33,34)/b12-7+,22-17+,23-14+;11-5+,23-19+,25-13-;8-4+,19-16+,23-13+. The van der Waals surface area contributed by atoms with E-state index in [4.69, 9.17) is 31.7 Å². The van der Waals surface area contributed by atoms with Crippen LogP contribution in [0.15, 0.2) is 195 Å². The number of rotatable bonds is 35. The average Bonchev–Trinajstić information content (AvgIpc) is 1.74. The summed E-state index contributed by atoms with van der Waals surface area (Å²) in [6, 6.07) is -0.819. The van der Waals surface area contributed by atoms with Gasteiger partial charge in [0.1, 0.15) is 24.2 Å². The molecule has 23 heteroatoms. The van der Waals surface area contributed by atoms with Gasteiger partial charge in [-0.1, -0.05) is 202 Å². The summed E-state index contributed by atoms with van der Waals surface area (Å²) in [6.45, 7) is 24.7. The Labute approximate surface area is 694 Å². The van der Waals surface area contributed by atoms with Crippen molar-refractivity contribution >= 4 is 58.5 Å². The van der Waals surface area contributed by atoms with Crippen LogP contribution in [-0.2, 0) is 23.9 Å². The molecule has 0 amide bonds. The molecule has 0 radical (unpaired) electrons. The number of H-pyrrole nitrogens is 1. The maximum atomic E-state index is 12.0. The molecule has 6 aliphatic carbocycles. The molecule has 17 N–H and O–H groups in total. The van der Waals surface area contributed by atoms with Crippen LogP contribution in [-0.4, -0.2) is 164 Å². The number of guanidine groups is 3. The quantitative estimate of drug-likeness (QED) is 0.0100. The summed E-state index contributed by atoms with van der Waals surface area (Å²) < 4.78 is 11.7. The monoisotopic (exact) mass is 1610 g/mol. The summed E-state index contributed by atoms with van der Waals surface area (Å²) in [7, 11) is 0. The number of nitrogens with zero attached hydrogens (tertiary/aromatic N) is 4. The van der Waals surface area contributed by atoms with E-state index in [1.165, 1.54) is 6.42 Å². The minimum absolute atomic E-state index is 0.0320. The lowest BCUT2D eigenvalue weighted by atomic mass is 9.54. The number of hydrogen-bond acceptors (Lipinski definition) is 13. The summed E-state index contributed by atoms with van der Waals surface area (Å²) in [4.78, 5) is 57.2. The smallest absolute Gasteiger partial charge is 0.330 e. The molecule has 23 nitrogen and oxygen atoms in total. The number of aromatic amines is 1. The van der Waals surface area contributed by atoms with Crippen LogP contribution in [0.4, 0.5) is 0 Å². The summed E-state index contributed by atoms with van der Waals surface area (Å²) >= 11 is 0. The van der Waals surface area contributed by atoms with Crippen molar-refractivity contribution in [3.8, 4) is 0 Å². The fourth-order valence-electron chi connectivity index (χ4n) is 17.8. The molecule has 16 unspecified atom stereocenters. The van der Waals surface area contributed by atoms with Gasteiger partial charge in [-0.05, 0) is 214 Å². The van der Waals surface area contributed by atoms with E-state index < -0.39 is 54.3 Å². The second-order valence-electron chi connectivity index (χ2n) is 32.4. The molecule has 2 saturated carbocycles. The predicted molar refractivity (Wildman–Crippen MR) is 474 cm³/mol. The molecule has 16 atom stereocenters. The molecule has 2 aromatic heterocycles. The third kappa shape index (κ3) is 26.6. The maximum absolute atomic E-state index is 12.0. The number of ether oxygens (including phenoxy) is 2. The summed E-state index contributed by atoms with van der Waals surface area (Å²) in [6.07, 6.45) is 62.2. The van der Waals surface area contributed by atoms with E-state index in [9.17, 15) is 45.0 Å². The number of aliphatic hydroxyl groups excluding tert-OH is 3. The van der Waals surface area contributed by atoms with Gasteiger partial charge in [-0.2, -0.15) is 0 Å². The number of aliphatic carboxylic acids is 3. The lowest BCUT2D eigenvalue weighted by molar-refractivity contribution is -0.138. The number of unbranched alkanes of at least 4 members (excludes halogenated alkanes) is 6. The molecule has 638 valence electrons. The molecule has 117 heavy (non-hydrogen) atoms. The van der Waals surface area contributed by atoms with E-state index in [0.29, 0.717) is 68.2 Å². The Morgan fingerprint density at radius 3 is 1.74 bits per heavy atom. The highest BCUT2D eigenvalue weighted by molar-refractivity contribution is 5.95. The third-order valence-corrected chi connectivity index (χ3v) is 24.1. The number of nitrogens with two attached hydrogens (primary N) is 3. The van der Waals surface area contributed by atoms with E-state index in [1.54, 1.807) is 30.5 Å². The van der Waals surface area contributed by atoms with Crippen LogP contribution in [0.2, 0.25) is 0 Å². The number of fused-ring (bicyclic) bond motifs is 5. The average molecular weight is 1610 g/mol. The molecule has 0 bridgehead atoms. The Kier molecular flexibility index (Phi) is 37.6. The van der Waals surface area contributed by atoms with E-state index in [1.807, 2.05) is 81.5 Å². The first kappa shape index (κ1) is 93.1. The molecule has 10 rings (SSSR count). The van der Waals surface area contributed by atoms with Crippen molar-refractivity contribution < 1.29 is 54.5 Å². The van der Waals surface area contributed by atoms with Gasteiger partial charge in [0, 0.05) is 28.8 Å². The van der Waals surface area contributed by atoms with Crippen molar-refractivity contribution in [3.63, 3.8) is 0 Å². The topological polar surface area (TPSA) is 383 Å². The SMILES string of the molecule is C/C=C/C(=C\C(NC(N)=NC/C=C1/C(C2COCCO2)=CC(C2(C)C=CCC=C2)CC1O)C(=O)O)CCCCC.C/C=C/C(=C\C(NC(N)=NC/C=C1\C(O)CC2C3C=CCC3CC3C=CNC1C32)C(=O)O)CCCCC.C=Cc1cnc2c3c([nH]c2c1)C(C(C)CC)CC(O)/C3=C\CN=C(N)NC(/C=C(\C=C\C)CCCCC)C(=O)O. The first-order valence-corrected chi connectivity index (χ1v) is 43.0. The highest BCUT2D eigenvalue weighted by Crippen LogP contribution is 2.55.